The summed E-state index contributed by atoms with van der Waals surface area (Å²) < 4.78 is 13.6. The van der Waals surface area contributed by atoms with Crippen LogP contribution in [0.3, 0.4) is 0 Å². The van der Waals surface area contributed by atoms with Gasteiger partial charge in [0, 0.05) is 26.2 Å². The van der Waals surface area contributed by atoms with Gasteiger partial charge in [-0.1, -0.05) is 12.1 Å². The summed E-state index contributed by atoms with van der Waals surface area (Å²) in [7, 11) is 0. The van der Waals surface area contributed by atoms with Crippen LogP contribution in [0.15, 0.2) is 24.3 Å². The van der Waals surface area contributed by atoms with E-state index in [2.05, 4.69) is 10.2 Å². The Hall–Kier alpha value is -0.800. The number of nitrogens with one attached hydrogen (secondary N) is 1. The summed E-state index contributed by atoms with van der Waals surface area (Å²) in [6.07, 6.45) is 0. The molecule has 0 amide bonds. The first kappa shape index (κ1) is 11.7. The molecular formula is C12H16ClFN2. The lowest BCUT2D eigenvalue weighted by Crippen LogP contribution is -2.26. The van der Waals surface area contributed by atoms with E-state index in [1.807, 2.05) is 12.1 Å². The van der Waals surface area contributed by atoms with Crippen LogP contribution in [0, 0.1) is 17.7 Å². The Balaban J connectivity index is 0.000000963. The van der Waals surface area contributed by atoms with Crippen LogP contribution in [0.5, 0.6) is 0 Å². The summed E-state index contributed by atoms with van der Waals surface area (Å²) >= 11 is 0. The number of hydrogen-bond acceptors (Lipinski definition) is 2. The molecule has 4 heteroatoms. The molecule has 0 spiro atoms. The minimum atomic E-state index is -0.0922. The van der Waals surface area contributed by atoms with Crippen LogP contribution in [0.4, 0.5) is 10.1 Å². The Morgan fingerprint density at radius 3 is 2.38 bits per heavy atom. The zero-order valence-corrected chi connectivity index (χ0v) is 9.84. The predicted molar refractivity (Wildman–Crippen MR) is 65.7 cm³/mol. The fraction of sp³-hybridized carbons (Fsp3) is 0.500. The molecule has 0 unspecified atom stereocenters. The molecule has 1 N–H and O–H groups in total. The molecule has 2 aliphatic rings. The van der Waals surface area contributed by atoms with Gasteiger partial charge < -0.3 is 10.2 Å². The Kier molecular flexibility index (Phi) is 3.36. The van der Waals surface area contributed by atoms with Crippen LogP contribution in [-0.2, 0) is 0 Å². The molecule has 2 fully saturated rings. The van der Waals surface area contributed by atoms with Gasteiger partial charge in [-0.15, -0.1) is 12.4 Å². The standard InChI is InChI=1S/C12H15FN2.ClH/c13-11-3-1-2-4-12(11)15-7-9-5-14-6-10(9)8-15;/h1-4,9-10,14H,5-8H2;1H/t9-,10+;. The second kappa shape index (κ2) is 4.60. The van der Waals surface area contributed by atoms with Gasteiger partial charge in [-0.25, -0.2) is 4.39 Å². The van der Waals surface area contributed by atoms with Gasteiger partial charge in [-0.2, -0.15) is 0 Å². The Morgan fingerprint density at radius 2 is 1.75 bits per heavy atom. The van der Waals surface area contributed by atoms with Crippen molar-refractivity contribution in [1.82, 2.24) is 5.32 Å². The van der Waals surface area contributed by atoms with E-state index in [0.717, 1.165) is 31.9 Å². The highest BCUT2D eigenvalue weighted by Crippen LogP contribution is 2.31. The molecule has 3 rings (SSSR count). The normalized spacial score (nSPS) is 27.7. The highest BCUT2D eigenvalue weighted by molar-refractivity contribution is 5.85. The summed E-state index contributed by atoms with van der Waals surface area (Å²) in [5, 5.41) is 3.39. The molecule has 0 aromatic heterocycles. The molecular weight excluding hydrogens is 227 g/mol. The zero-order chi connectivity index (χ0) is 10.3. The summed E-state index contributed by atoms with van der Waals surface area (Å²) in [6, 6.07) is 7.08. The number of nitrogens with zero attached hydrogens (tertiary/aromatic N) is 1. The van der Waals surface area contributed by atoms with Crippen molar-refractivity contribution in [2.45, 2.75) is 0 Å². The molecule has 2 aliphatic heterocycles. The first-order chi connectivity index (χ1) is 7.34. The molecule has 1 aromatic rings. The van der Waals surface area contributed by atoms with Gasteiger partial charge in [0.25, 0.3) is 0 Å². The average molecular weight is 243 g/mol. The summed E-state index contributed by atoms with van der Waals surface area (Å²) in [5.41, 5.74) is 0.770. The van der Waals surface area contributed by atoms with Crippen molar-refractivity contribution in [1.29, 1.82) is 0 Å². The maximum absolute atomic E-state index is 13.6. The van der Waals surface area contributed by atoms with Crippen molar-refractivity contribution >= 4 is 18.1 Å². The van der Waals surface area contributed by atoms with Crippen molar-refractivity contribution in [3.05, 3.63) is 30.1 Å². The summed E-state index contributed by atoms with van der Waals surface area (Å²) in [4.78, 5) is 2.19. The second-order valence-electron chi connectivity index (χ2n) is 4.53. The number of anilines is 1. The number of halogens is 2. The van der Waals surface area contributed by atoms with Gasteiger partial charge in [-0.05, 0) is 24.0 Å². The van der Waals surface area contributed by atoms with Gasteiger partial charge in [0.15, 0.2) is 0 Å². The van der Waals surface area contributed by atoms with Crippen molar-refractivity contribution < 1.29 is 4.39 Å². The quantitative estimate of drug-likeness (QED) is 0.809. The molecule has 0 radical (unpaired) electrons. The first-order valence-electron chi connectivity index (χ1n) is 5.55. The van der Waals surface area contributed by atoms with Gasteiger partial charge >= 0.3 is 0 Å². The molecule has 0 saturated carbocycles. The molecule has 2 saturated heterocycles. The third-order valence-electron chi connectivity index (χ3n) is 3.58. The Morgan fingerprint density at radius 1 is 1.12 bits per heavy atom. The van der Waals surface area contributed by atoms with E-state index in [4.69, 9.17) is 0 Å². The van der Waals surface area contributed by atoms with Crippen LogP contribution in [0.1, 0.15) is 0 Å². The Labute approximate surface area is 101 Å². The van der Waals surface area contributed by atoms with Crippen LogP contribution in [0.25, 0.3) is 0 Å². The van der Waals surface area contributed by atoms with Crippen molar-refractivity contribution in [3.63, 3.8) is 0 Å². The van der Waals surface area contributed by atoms with Crippen molar-refractivity contribution in [2.24, 2.45) is 11.8 Å². The number of para-hydroxylation sites is 1. The number of rotatable bonds is 1. The van der Waals surface area contributed by atoms with Gasteiger partial charge in [0.05, 0.1) is 5.69 Å². The monoisotopic (exact) mass is 242 g/mol. The topological polar surface area (TPSA) is 15.3 Å². The Bertz CT molecular complexity index is 360. The third-order valence-corrected chi connectivity index (χ3v) is 3.58. The van der Waals surface area contributed by atoms with E-state index < -0.39 is 0 Å². The second-order valence-corrected chi connectivity index (χ2v) is 4.53. The van der Waals surface area contributed by atoms with Gasteiger partial charge in [-0.3, -0.25) is 0 Å². The van der Waals surface area contributed by atoms with Gasteiger partial charge in [0.2, 0.25) is 0 Å². The number of hydrogen-bond donors (Lipinski definition) is 1. The minimum absolute atomic E-state index is 0. The highest BCUT2D eigenvalue weighted by Gasteiger charge is 2.36. The maximum Gasteiger partial charge on any atom is 0.146 e. The first-order valence-corrected chi connectivity index (χ1v) is 5.55. The molecule has 0 aliphatic carbocycles. The van der Waals surface area contributed by atoms with Crippen LogP contribution < -0.4 is 10.2 Å². The molecule has 1 aromatic carbocycles. The molecule has 2 heterocycles. The molecule has 16 heavy (non-hydrogen) atoms. The third kappa shape index (κ3) is 1.89. The number of benzene rings is 1. The summed E-state index contributed by atoms with van der Waals surface area (Å²) in [6.45, 7) is 4.18. The van der Waals surface area contributed by atoms with E-state index >= 15 is 0 Å². The lowest BCUT2D eigenvalue weighted by atomic mass is 10.0. The van der Waals surface area contributed by atoms with E-state index in [-0.39, 0.29) is 18.2 Å². The largest absolute Gasteiger partial charge is 0.368 e. The molecule has 2 atom stereocenters. The van der Waals surface area contributed by atoms with Gasteiger partial charge in [0.1, 0.15) is 5.82 Å². The zero-order valence-electron chi connectivity index (χ0n) is 9.03. The fourth-order valence-electron chi connectivity index (χ4n) is 2.76. The van der Waals surface area contributed by atoms with Crippen LogP contribution in [-0.4, -0.2) is 26.2 Å². The lowest BCUT2D eigenvalue weighted by molar-refractivity contribution is 0.533. The van der Waals surface area contributed by atoms with Crippen molar-refractivity contribution in [2.75, 3.05) is 31.1 Å². The smallest absolute Gasteiger partial charge is 0.146 e. The molecule has 0 bridgehead atoms. The SMILES string of the molecule is Cl.Fc1ccccc1N1C[C@H]2CNC[C@H]2C1. The van der Waals surface area contributed by atoms with E-state index in [0.29, 0.717) is 11.8 Å². The van der Waals surface area contributed by atoms with Crippen LogP contribution >= 0.6 is 12.4 Å². The molecule has 2 nitrogen and oxygen atoms in total. The minimum Gasteiger partial charge on any atom is -0.368 e. The molecule has 88 valence electrons. The highest BCUT2D eigenvalue weighted by atomic mass is 35.5. The predicted octanol–water partition coefficient (Wildman–Crippen LogP) is 1.90. The average Bonchev–Trinajstić information content (AvgIpc) is 2.77. The van der Waals surface area contributed by atoms with E-state index in [1.54, 1.807) is 12.1 Å². The lowest BCUT2D eigenvalue weighted by Gasteiger charge is -2.20. The fourth-order valence-corrected chi connectivity index (χ4v) is 2.76. The summed E-state index contributed by atoms with van der Waals surface area (Å²) in [5.74, 6) is 1.33. The number of fused-ring (bicyclic) bond motifs is 1. The van der Waals surface area contributed by atoms with Crippen LogP contribution in [0.2, 0.25) is 0 Å². The van der Waals surface area contributed by atoms with E-state index in [1.165, 1.54) is 0 Å². The maximum atomic E-state index is 13.6. The van der Waals surface area contributed by atoms with Crippen molar-refractivity contribution in [3.8, 4) is 0 Å². The van der Waals surface area contributed by atoms with E-state index in [9.17, 15) is 4.39 Å².